The van der Waals surface area contributed by atoms with Gasteiger partial charge < -0.3 is 18.9 Å². The Morgan fingerprint density at radius 1 is 1.11 bits per heavy atom. The first-order valence-corrected chi connectivity index (χ1v) is 4.78. The lowest BCUT2D eigenvalue weighted by atomic mass is 10.3. The predicted molar refractivity (Wildman–Crippen MR) is 59.2 cm³/mol. The largest absolute Gasteiger partial charge is 0.513 e. The zero-order valence-electron chi connectivity index (χ0n) is 9.95. The van der Waals surface area contributed by atoms with E-state index in [1.807, 2.05) is 0 Å². The number of methoxy groups -OCH3 is 2. The summed E-state index contributed by atoms with van der Waals surface area (Å²) in [5.41, 5.74) is -0.484. The lowest BCUT2D eigenvalue weighted by Gasteiger charge is -2.06. The Morgan fingerprint density at radius 3 is 2.21 bits per heavy atom. The molecular weight excluding hydrogens is 262 g/mol. The highest BCUT2D eigenvalue weighted by Gasteiger charge is 2.20. The molecule has 0 aliphatic carbocycles. The van der Waals surface area contributed by atoms with Gasteiger partial charge in [0.1, 0.15) is 5.75 Å². The van der Waals surface area contributed by atoms with Gasteiger partial charge >= 0.3 is 18.0 Å². The van der Waals surface area contributed by atoms with Gasteiger partial charge in [0.2, 0.25) is 5.75 Å². The number of nitrogens with zero attached hydrogens (tertiary/aromatic N) is 1. The second-order valence-electron chi connectivity index (χ2n) is 3.00. The monoisotopic (exact) mass is 271 g/mol. The summed E-state index contributed by atoms with van der Waals surface area (Å²) in [4.78, 5) is 31.8. The van der Waals surface area contributed by atoms with Crippen molar-refractivity contribution in [1.82, 2.24) is 0 Å². The van der Waals surface area contributed by atoms with Gasteiger partial charge in [0.25, 0.3) is 0 Å². The highest BCUT2D eigenvalue weighted by atomic mass is 16.7. The number of carbonyl (C=O) groups excluding carboxylic acids is 2. The smallest absolute Gasteiger partial charge is 0.437 e. The third-order valence-corrected chi connectivity index (χ3v) is 1.86. The number of nitro benzene ring substituents is 1. The Hall–Kier alpha value is -2.84. The number of nitro groups is 1. The van der Waals surface area contributed by atoms with Crippen molar-refractivity contribution in [3.63, 3.8) is 0 Å². The average Bonchev–Trinajstić information content (AvgIpc) is 2.38. The van der Waals surface area contributed by atoms with Crippen LogP contribution in [-0.4, -0.2) is 31.5 Å². The van der Waals surface area contributed by atoms with Gasteiger partial charge in [-0.05, 0) is 6.07 Å². The van der Waals surface area contributed by atoms with Crippen LogP contribution in [0, 0.1) is 10.1 Å². The Labute approximate surface area is 106 Å². The van der Waals surface area contributed by atoms with Crippen molar-refractivity contribution in [3.8, 4) is 11.5 Å². The molecule has 0 fully saturated rings. The maximum absolute atomic E-state index is 10.9. The van der Waals surface area contributed by atoms with Crippen LogP contribution in [-0.2, 0) is 9.47 Å². The number of hydrogen-bond donors (Lipinski definition) is 0. The Bertz CT molecular complexity index is 512. The maximum atomic E-state index is 10.9. The van der Waals surface area contributed by atoms with Crippen molar-refractivity contribution in [2.75, 3.05) is 14.2 Å². The van der Waals surface area contributed by atoms with E-state index in [9.17, 15) is 19.7 Å². The summed E-state index contributed by atoms with van der Waals surface area (Å²) in [5.74, 6) is -0.505. The predicted octanol–water partition coefficient (Wildman–Crippen LogP) is 1.89. The van der Waals surface area contributed by atoms with E-state index in [-0.39, 0.29) is 5.75 Å². The van der Waals surface area contributed by atoms with Gasteiger partial charge in [-0.3, -0.25) is 10.1 Å². The van der Waals surface area contributed by atoms with Crippen molar-refractivity contribution in [1.29, 1.82) is 0 Å². The molecule has 1 aromatic rings. The number of hydrogen-bond acceptors (Lipinski definition) is 8. The molecule has 9 heteroatoms. The Balaban J connectivity index is 3.07. The lowest BCUT2D eigenvalue weighted by molar-refractivity contribution is -0.385. The molecule has 102 valence electrons. The molecule has 0 unspecified atom stereocenters. The summed E-state index contributed by atoms with van der Waals surface area (Å²) in [5, 5.41) is 10.7. The van der Waals surface area contributed by atoms with Crippen LogP contribution in [0.15, 0.2) is 18.2 Å². The molecule has 0 atom stereocenters. The fourth-order valence-electron chi connectivity index (χ4n) is 1.06. The molecule has 1 aromatic carbocycles. The van der Waals surface area contributed by atoms with Crippen molar-refractivity contribution < 1.29 is 33.5 Å². The molecule has 0 aromatic heterocycles. The quantitative estimate of drug-likeness (QED) is 0.354. The number of benzene rings is 1. The topological polar surface area (TPSA) is 114 Å². The van der Waals surface area contributed by atoms with Crippen LogP contribution in [0.3, 0.4) is 0 Å². The van der Waals surface area contributed by atoms with Crippen LogP contribution in [0.4, 0.5) is 15.3 Å². The molecular formula is C10H9NO8. The van der Waals surface area contributed by atoms with Gasteiger partial charge in [0.15, 0.2) is 0 Å². The second-order valence-corrected chi connectivity index (χ2v) is 3.00. The van der Waals surface area contributed by atoms with Crippen molar-refractivity contribution in [2.24, 2.45) is 0 Å². The van der Waals surface area contributed by atoms with Gasteiger partial charge in [-0.1, -0.05) is 0 Å². The summed E-state index contributed by atoms with van der Waals surface area (Å²) in [7, 11) is 2.14. The van der Waals surface area contributed by atoms with Crippen LogP contribution in [0.2, 0.25) is 0 Å². The van der Waals surface area contributed by atoms with E-state index in [1.165, 1.54) is 0 Å². The first kappa shape index (κ1) is 14.2. The normalized spacial score (nSPS) is 9.37. The minimum absolute atomic E-state index is 0.0867. The SMILES string of the molecule is COC(=O)Oc1ccc([N+](=O)[O-])c(OC(=O)OC)c1. The van der Waals surface area contributed by atoms with Gasteiger partial charge in [-0.25, -0.2) is 9.59 Å². The van der Waals surface area contributed by atoms with Gasteiger partial charge in [0.05, 0.1) is 19.1 Å². The van der Waals surface area contributed by atoms with Crippen LogP contribution in [0.1, 0.15) is 0 Å². The Kier molecular flexibility index (Phi) is 4.63. The van der Waals surface area contributed by atoms with Gasteiger partial charge in [-0.15, -0.1) is 0 Å². The molecule has 19 heavy (non-hydrogen) atoms. The molecule has 0 radical (unpaired) electrons. The average molecular weight is 271 g/mol. The zero-order valence-corrected chi connectivity index (χ0v) is 9.95. The van der Waals surface area contributed by atoms with Crippen molar-refractivity contribution >= 4 is 18.0 Å². The fraction of sp³-hybridized carbons (Fsp3) is 0.200. The van der Waals surface area contributed by atoms with E-state index in [0.717, 1.165) is 32.4 Å². The highest BCUT2D eigenvalue weighted by Crippen LogP contribution is 2.31. The lowest BCUT2D eigenvalue weighted by Crippen LogP contribution is -2.10. The second kappa shape index (κ2) is 6.19. The molecule has 0 amide bonds. The molecule has 9 nitrogen and oxygen atoms in total. The summed E-state index contributed by atoms with van der Waals surface area (Å²) >= 11 is 0. The molecule has 0 saturated carbocycles. The van der Waals surface area contributed by atoms with Crippen LogP contribution in [0.25, 0.3) is 0 Å². The molecule has 0 bridgehead atoms. The number of ether oxygens (including phenoxy) is 4. The third kappa shape index (κ3) is 3.84. The van der Waals surface area contributed by atoms with Crippen LogP contribution in [0.5, 0.6) is 11.5 Å². The number of carbonyl (C=O) groups is 2. The fourth-order valence-corrected chi connectivity index (χ4v) is 1.06. The van der Waals surface area contributed by atoms with Crippen molar-refractivity contribution in [2.45, 2.75) is 0 Å². The first-order valence-electron chi connectivity index (χ1n) is 4.78. The van der Waals surface area contributed by atoms with E-state index in [2.05, 4.69) is 18.9 Å². The summed E-state index contributed by atoms with van der Waals surface area (Å²) in [6.45, 7) is 0. The highest BCUT2D eigenvalue weighted by molar-refractivity contribution is 5.68. The molecule has 0 saturated heterocycles. The zero-order chi connectivity index (χ0) is 14.4. The van der Waals surface area contributed by atoms with Crippen molar-refractivity contribution in [3.05, 3.63) is 28.3 Å². The van der Waals surface area contributed by atoms with Gasteiger partial charge in [-0.2, -0.15) is 0 Å². The first-order chi connectivity index (χ1) is 8.97. The van der Waals surface area contributed by atoms with E-state index < -0.39 is 28.7 Å². The molecule has 1 rings (SSSR count). The van der Waals surface area contributed by atoms with E-state index in [0.29, 0.717) is 0 Å². The number of rotatable bonds is 3. The summed E-state index contributed by atoms with van der Waals surface area (Å²) in [6, 6.07) is 3.15. The molecule has 0 spiro atoms. The van der Waals surface area contributed by atoms with E-state index in [4.69, 9.17) is 0 Å². The molecule has 0 N–H and O–H groups in total. The van der Waals surface area contributed by atoms with Crippen LogP contribution >= 0.6 is 0 Å². The van der Waals surface area contributed by atoms with Crippen LogP contribution < -0.4 is 9.47 Å². The third-order valence-electron chi connectivity index (χ3n) is 1.86. The minimum atomic E-state index is -1.14. The summed E-state index contributed by atoms with van der Waals surface area (Å²) < 4.78 is 17.7. The molecule has 0 heterocycles. The molecule has 0 aliphatic heterocycles. The minimum Gasteiger partial charge on any atom is -0.437 e. The van der Waals surface area contributed by atoms with E-state index >= 15 is 0 Å². The maximum Gasteiger partial charge on any atom is 0.513 e. The molecule has 0 aliphatic rings. The standard InChI is InChI=1S/C10H9NO8/c1-16-9(12)18-6-3-4-7(11(14)15)8(5-6)19-10(13)17-2/h3-5H,1-2H3. The van der Waals surface area contributed by atoms with Gasteiger partial charge in [0, 0.05) is 12.1 Å². The summed E-state index contributed by atoms with van der Waals surface area (Å²) in [6.07, 6.45) is -2.16. The van der Waals surface area contributed by atoms with E-state index in [1.54, 1.807) is 0 Å². The Morgan fingerprint density at radius 2 is 1.68 bits per heavy atom.